The predicted octanol–water partition coefficient (Wildman–Crippen LogP) is 4.46. The van der Waals surface area contributed by atoms with E-state index in [9.17, 15) is 13.2 Å². The zero-order valence-electron chi connectivity index (χ0n) is 19.2. The highest BCUT2D eigenvalue weighted by molar-refractivity contribution is 7.92. The summed E-state index contributed by atoms with van der Waals surface area (Å²) in [7, 11) is -2.04. The molecule has 3 rings (SSSR count). The lowest BCUT2D eigenvalue weighted by Crippen LogP contribution is -2.33. The Labute approximate surface area is 196 Å². The summed E-state index contributed by atoms with van der Waals surface area (Å²) in [6.07, 6.45) is 1.71. The average Bonchev–Trinajstić information content (AvgIpc) is 2.80. The molecule has 0 spiro atoms. The van der Waals surface area contributed by atoms with E-state index in [1.54, 1.807) is 24.3 Å². The van der Waals surface area contributed by atoms with Gasteiger partial charge in [-0.05, 0) is 36.6 Å². The quantitative estimate of drug-likeness (QED) is 0.479. The lowest BCUT2D eigenvalue weighted by atomic mass is 9.97. The lowest BCUT2D eigenvalue weighted by molar-refractivity contribution is -0.121. The monoisotopic (exact) mass is 466 g/mol. The van der Waals surface area contributed by atoms with Gasteiger partial charge in [-0.3, -0.25) is 9.10 Å². The van der Waals surface area contributed by atoms with Crippen LogP contribution in [0.1, 0.15) is 35.6 Å². The van der Waals surface area contributed by atoms with E-state index in [0.717, 1.165) is 22.9 Å². The van der Waals surface area contributed by atoms with E-state index in [4.69, 9.17) is 4.74 Å². The Morgan fingerprint density at radius 3 is 2.30 bits per heavy atom. The van der Waals surface area contributed by atoms with Crippen molar-refractivity contribution < 1.29 is 17.9 Å². The van der Waals surface area contributed by atoms with E-state index in [0.29, 0.717) is 17.9 Å². The predicted molar refractivity (Wildman–Crippen MR) is 132 cm³/mol. The average molecular weight is 467 g/mol. The summed E-state index contributed by atoms with van der Waals surface area (Å²) >= 11 is 0. The summed E-state index contributed by atoms with van der Waals surface area (Å²) in [5, 5.41) is 3.12. The van der Waals surface area contributed by atoms with Crippen LogP contribution in [0.4, 0.5) is 5.69 Å². The summed E-state index contributed by atoms with van der Waals surface area (Å²) in [5.41, 5.74) is 3.57. The molecule has 0 aliphatic heterocycles. The van der Waals surface area contributed by atoms with Crippen LogP contribution in [-0.4, -0.2) is 34.2 Å². The van der Waals surface area contributed by atoms with E-state index in [1.807, 2.05) is 55.5 Å². The minimum absolute atomic E-state index is 0.140. The molecule has 7 heteroatoms. The number of benzene rings is 3. The number of carbonyl (C=O) groups excluding carboxylic acids is 1. The third kappa shape index (κ3) is 6.58. The van der Waals surface area contributed by atoms with Crippen LogP contribution in [-0.2, 0) is 14.8 Å². The maximum absolute atomic E-state index is 12.9. The molecule has 1 atom stereocenters. The van der Waals surface area contributed by atoms with Crippen LogP contribution >= 0.6 is 0 Å². The van der Waals surface area contributed by atoms with Crippen LogP contribution in [0.15, 0.2) is 78.9 Å². The summed E-state index contributed by atoms with van der Waals surface area (Å²) in [6.45, 7) is 2.19. The Morgan fingerprint density at radius 1 is 0.970 bits per heavy atom. The van der Waals surface area contributed by atoms with Crippen molar-refractivity contribution in [1.82, 2.24) is 5.32 Å². The third-order valence-electron chi connectivity index (χ3n) is 5.33. The zero-order chi connectivity index (χ0) is 23.8. The highest BCUT2D eigenvalue weighted by Crippen LogP contribution is 2.30. The lowest BCUT2D eigenvalue weighted by Gasteiger charge is -2.24. The Bertz CT molecular complexity index is 1180. The number of amides is 1. The third-order valence-corrected chi connectivity index (χ3v) is 6.51. The number of ether oxygens (including phenoxy) is 1. The van der Waals surface area contributed by atoms with Crippen molar-refractivity contribution in [2.24, 2.45) is 0 Å². The Morgan fingerprint density at radius 2 is 1.64 bits per heavy atom. The molecule has 1 N–H and O–H groups in total. The number of sulfonamides is 1. The van der Waals surface area contributed by atoms with Crippen molar-refractivity contribution in [2.75, 3.05) is 24.2 Å². The number of anilines is 1. The van der Waals surface area contributed by atoms with Gasteiger partial charge in [-0.2, -0.15) is 0 Å². The fourth-order valence-electron chi connectivity index (χ4n) is 3.77. The molecular weight excluding hydrogens is 436 g/mol. The Kier molecular flexibility index (Phi) is 8.11. The van der Waals surface area contributed by atoms with Gasteiger partial charge in [-0.25, -0.2) is 8.42 Å². The van der Waals surface area contributed by atoms with Crippen LogP contribution in [0.25, 0.3) is 0 Å². The molecule has 1 amide bonds. The first-order chi connectivity index (χ1) is 15.8. The summed E-state index contributed by atoms with van der Waals surface area (Å²) in [6, 6.07) is 24.5. The number of aryl methyl sites for hydroxylation is 1. The van der Waals surface area contributed by atoms with Crippen molar-refractivity contribution in [3.8, 4) is 5.75 Å². The second-order valence-corrected chi connectivity index (χ2v) is 9.84. The molecule has 0 saturated heterocycles. The van der Waals surface area contributed by atoms with E-state index in [-0.39, 0.29) is 24.9 Å². The van der Waals surface area contributed by atoms with E-state index >= 15 is 0 Å². The molecule has 1 unspecified atom stereocenters. The number of carbonyl (C=O) groups is 1. The van der Waals surface area contributed by atoms with Crippen molar-refractivity contribution >= 4 is 21.6 Å². The number of hydrogen-bond acceptors (Lipinski definition) is 4. The van der Waals surface area contributed by atoms with Crippen LogP contribution in [0, 0.1) is 6.92 Å². The minimum Gasteiger partial charge on any atom is -0.495 e. The highest BCUT2D eigenvalue weighted by Gasteiger charge is 2.22. The van der Waals surface area contributed by atoms with Crippen LogP contribution in [0.5, 0.6) is 5.75 Å². The van der Waals surface area contributed by atoms with Crippen LogP contribution in [0.3, 0.4) is 0 Å². The molecular formula is C26H30N2O4S. The molecule has 0 bridgehead atoms. The fourth-order valence-corrected chi connectivity index (χ4v) is 4.74. The van der Waals surface area contributed by atoms with Gasteiger partial charge in [0.25, 0.3) is 0 Å². The molecule has 33 heavy (non-hydrogen) atoms. The van der Waals surface area contributed by atoms with E-state index in [1.165, 1.54) is 11.4 Å². The highest BCUT2D eigenvalue weighted by atomic mass is 32.2. The smallest absolute Gasteiger partial charge is 0.232 e. The Balaban J connectivity index is 1.72. The first kappa shape index (κ1) is 24.3. The summed E-state index contributed by atoms with van der Waals surface area (Å²) in [5.74, 6) is 0.329. The fraction of sp³-hybridized carbons (Fsp3) is 0.269. The van der Waals surface area contributed by atoms with Gasteiger partial charge in [0.15, 0.2) is 0 Å². The van der Waals surface area contributed by atoms with Gasteiger partial charge in [-0.1, -0.05) is 72.3 Å². The molecule has 3 aromatic rings. The number of para-hydroxylation sites is 2. The van der Waals surface area contributed by atoms with Gasteiger partial charge < -0.3 is 10.1 Å². The van der Waals surface area contributed by atoms with Crippen molar-refractivity contribution in [3.05, 3.63) is 95.6 Å². The Hall–Kier alpha value is -3.32. The first-order valence-electron chi connectivity index (χ1n) is 10.8. The molecule has 0 fully saturated rings. The molecule has 3 aromatic carbocycles. The number of nitrogens with zero attached hydrogens (tertiary/aromatic N) is 1. The number of rotatable bonds is 10. The van der Waals surface area contributed by atoms with Gasteiger partial charge in [0.2, 0.25) is 15.9 Å². The minimum atomic E-state index is -3.54. The van der Waals surface area contributed by atoms with Crippen molar-refractivity contribution in [3.63, 3.8) is 0 Å². The van der Waals surface area contributed by atoms with Crippen molar-refractivity contribution in [2.45, 2.75) is 25.8 Å². The first-order valence-corrected chi connectivity index (χ1v) is 12.7. The zero-order valence-corrected chi connectivity index (χ0v) is 20.0. The van der Waals surface area contributed by atoms with Crippen molar-refractivity contribution in [1.29, 1.82) is 0 Å². The SMILES string of the molecule is COc1ccccc1N(CCCC(=O)NC(c1ccccc1)c1cccc(C)c1)S(C)(=O)=O. The standard InChI is InChI=1S/C26H30N2O4S/c1-20-11-9-14-22(19-20)26(21-12-5-4-6-13-21)27-25(29)17-10-18-28(33(3,30)31)23-15-7-8-16-24(23)32-2/h4-9,11-16,19,26H,10,17-18H2,1-3H3,(H,27,29). The van der Waals surface area contributed by atoms with Gasteiger partial charge in [0.05, 0.1) is 25.1 Å². The number of nitrogens with one attached hydrogen (secondary N) is 1. The largest absolute Gasteiger partial charge is 0.495 e. The second-order valence-electron chi connectivity index (χ2n) is 7.94. The molecule has 0 heterocycles. The molecule has 0 saturated carbocycles. The second kappa shape index (κ2) is 11.0. The molecule has 0 aliphatic carbocycles. The molecule has 0 aliphatic rings. The molecule has 6 nitrogen and oxygen atoms in total. The summed E-state index contributed by atoms with van der Waals surface area (Å²) < 4.78 is 31.5. The van der Waals surface area contributed by atoms with E-state index < -0.39 is 10.0 Å². The number of hydrogen-bond donors (Lipinski definition) is 1. The van der Waals surface area contributed by atoms with Gasteiger partial charge in [-0.15, -0.1) is 0 Å². The van der Waals surface area contributed by atoms with Crippen LogP contribution < -0.4 is 14.4 Å². The topological polar surface area (TPSA) is 75.7 Å². The summed E-state index contributed by atoms with van der Waals surface area (Å²) in [4.78, 5) is 12.9. The van der Waals surface area contributed by atoms with E-state index in [2.05, 4.69) is 11.4 Å². The van der Waals surface area contributed by atoms with Crippen LogP contribution in [0.2, 0.25) is 0 Å². The molecule has 0 radical (unpaired) electrons. The molecule has 174 valence electrons. The number of methoxy groups -OCH3 is 1. The van der Waals surface area contributed by atoms with Gasteiger partial charge in [0, 0.05) is 13.0 Å². The molecule has 0 aromatic heterocycles. The maximum Gasteiger partial charge on any atom is 0.232 e. The maximum atomic E-state index is 12.9. The normalized spacial score (nSPS) is 12.1. The van der Waals surface area contributed by atoms with Gasteiger partial charge >= 0.3 is 0 Å². The van der Waals surface area contributed by atoms with Gasteiger partial charge in [0.1, 0.15) is 5.75 Å².